The third-order valence-electron chi connectivity index (χ3n) is 1.51. The van der Waals surface area contributed by atoms with Crippen LogP contribution in [0.3, 0.4) is 0 Å². The highest BCUT2D eigenvalue weighted by Gasteiger charge is 2.17. The van der Waals surface area contributed by atoms with Gasteiger partial charge in [0.15, 0.2) is 0 Å². The van der Waals surface area contributed by atoms with Crippen molar-refractivity contribution in [3.63, 3.8) is 0 Å². The molecule has 0 fully saturated rings. The lowest BCUT2D eigenvalue weighted by Crippen LogP contribution is -2.09. The molecule has 0 atom stereocenters. The Bertz CT molecular complexity index is 363. The van der Waals surface area contributed by atoms with E-state index in [1.54, 1.807) is 6.07 Å². The van der Waals surface area contributed by atoms with Gasteiger partial charge < -0.3 is 0 Å². The Labute approximate surface area is 74.4 Å². The Morgan fingerprint density at radius 1 is 1.46 bits per heavy atom. The van der Waals surface area contributed by atoms with Crippen LogP contribution < -0.4 is 0 Å². The lowest BCUT2D eigenvalue weighted by Gasteiger charge is -1.99. The highest BCUT2D eigenvalue weighted by molar-refractivity contribution is 5.98. The molecule has 1 aromatic carbocycles. The summed E-state index contributed by atoms with van der Waals surface area (Å²) >= 11 is 0. The number of hydrogen-bond acceptors (Lipinski definition) is 1. The SMILES string of the molecule is C#Cc1cccc(C(=O)C(F)F)c1. The van der Waals surface area contributed by atoms with Crippen molar-refractivity contribution < 1.29 is 13.6 Å². The van der Waals surface area contributed by atoms with Crippen molar-refractivity contribution in [3.05, 3.63) is 35.4 Å². The second kappa shape index (κ2) is 3.81. The summed E-state index contributed by atoms with van der Waals surface area (Å²) in [6, 6.07) is 5.64. The van der Waals surface area contributed by atoms with Crippen LogP contribution in [0.1, 0.15) is 15.9 Å². The van der Waals surface area contributed by atoms with Crippen LogP contribution in [0.5, 0.6) is 0 Å². The minimum Gasteiger partial charge on any atom is -0.288 e. The number of hydrogen-bond donors (Lipinski definition) is 0. The van der Waals surface area contributed by atoms with Gasteiger partial charge in [0.05, 0.1) is 0 Å². The van der Waals surface area contributed by atoms with Gasteiger partial charge in [-0.05, 0) is 12.1 Å². The predicted octanol–water partition coefficient (Wildman–Crippen LogP) is 2.12. The van der Waals surface area contributed by atoms with Gasteiger partial charge in [0.1, 0.15) is 0 Å². The molecule has 1 rings (SSSR count). The molecule has 0 aliphatic heterocycles. The number of alkyl halides is 2. The normalized spacial score (nSPS) is 9.69. The molecule has 1 nitrogen and oxygen atoms in total. The van der Waals surface area contributed by atoms with Crippen LogP contribution in [0.25, 0.3) is 0 Å². The zero-order valence-corrected chi connectivity index (χ0v) is 6.63. The summed E-state index contributed by atoms with van der Waals surface area (Å²) < 4.78 is 23.9. The van der Waals surface area contributed by atoms with Crippen LogP contribution in [0.4, 0.5) is 8.78 Å². The van der Waals surface area contributed by atoms with Gasteiger partial charge >= 0.3 is 6.43 Å². The minimum absolute atomic E-state index is 0.0505. The average Bonchev–Trinajstić information content (AvgIpc) is 2.16. The van der Waals surface area contributed by atoms with Crippen LogP contribution in [0.15, 0.2) is 24.3 Å². The lowest BCUT2D eigenvalue weighted by atomic mass is 10.1. The zero-order chi connectivity index (χ0) is 9.84. The quantitative estimate of drug-likeness (QED) is 0.503. The minimum atomic E-state index is -2.98. The van der Waals surface area contributed by atoms with E-state index >= 15 is 0 Å². The van der Waals surface area contributed by atoms with E-state index in [4.69, 9.17) is 6.42 Å². The number of carbonyl (C=O) groups excluding carboxylic acids is 1. The summed E-state index contributed by atoms with van der Waals surface area (Å²) in [4.78, 5) is 10.8. The van der Waals surface area contributed by atoms with Gasteiger partial charge in [-0.2, -0.15) is 0 Å². The van der Waals surface area contributed by atoms with E-state index in [1.165, 1.54) is 18.2 Å². The number of rotatable bonds is 2. The maximum absolute atomic E-state index is 11.9. The van der Waals surface area contributed by atoms with Crippen LogP contribution >= 0.6 is 0 Å². The van der Waals surface area contributed by atoms with Crippen molar-refractivity contribution >= 4 is 5.78 Å². The fourth-order valence-electron chi connectivity index (χ4n) is 0.888. The molecule has 0 saturated heterocycles. The van der Waals surface area contributed by atoms with Crippen LogP contribution in [0, 0.1) is 12.3 Å². The molecule has 0 unspecified atom stereocenters. The van der Waals surface area contributed by atoms with Crippen LogP contribution in [-0.2, 0) is 0 Å². The molecule has 13 heavy (non-hydrogen) atoms. The standard InChI is InChI=1S/C10H6F2O/c1-2-7-4-3-5-8(6-7)9(13)10(11)12/h1,3-6,10H. The fourth-order valence-corrected chi connectivity index (χ4v) is 0.888. The Kier molecular flexibility index (Phi) is 2.76. The van der Waals surface area contributed by atoms with E-state index in [1.807, 2.05) is 0 Å². The number of carbonyl (C=O) groups is 1. The summed E-state index contributed by atoms with van der Waals surface area (Å²) in [6.07, 6.45) is 2.07. The van der Waals surface area contributed by atoms with E-state index in [0.717, 1.165) is 0 Å². The first-order valence-electron chi connectivity index (χ1n) is 3.54. The molecule has 0 radical (unpaired) electrons. The van der Waals surface area contributed by atoms with E-state index in [0.29, 0.717) is 5.56 Å². The maximum Gasteiger partial charge on any atom is 0.300 e. The van der Waals surface area contributed by atoms with Crippen molar-refractivity contribution in [3.8, 4) is 12.3 Å². The van der Waals surface area contributed by atoms with E-state index in [9.17, 15) is 13.6 Å². The fraction of sp³-hybridized carbons (Fsp3) is 0.100. The van der Waals surface area contributed by atoms with Crippen LogP contribution in [0.2, 0.25) is 0 Å². The second-order valence-corrected chi connectivity index (χ2v) is 2.39. The Morgan fingerprint density at radius 2 is 2.15 bits per heavy atom. The highest BCUT2D eigenvalue weighted by Crippen LogP contribution is 2.09. The van der Waals surface area contributed by atoms with Gasteiger partial charge in [-0.1, -0.05) is 18.1 Å². The molecule has 0 saturated carbocycles. The predicted molar refractivity (Wildman–Crippen MR) is 44.7 cm³/mol. The molecule has 0 heterocycles. The Balaban J connectivity index is 3.04. The summed E-state index contributed by atoms with van der Waals surface area (Å²) in [5, 5.41) is 0. The first-order valence-corrected chi connectivity index (χ1v) is 3.54. The summed E-state index contributed by atoms with van der Waals surface area (Å²) in [6.45, 7) is 0. The number of benzene rings is 1. The topological polar surface area (TPSA) is 17.1 Å². The molecular weight excluding hydrogens is 174 g/mol. The van der Waals surface area contributed by atoms with Crippen molar-refractivity contribution in [1.82, 2.24) is 0 Å². The van der Waals surface area contributed by atoms with E-state index in [2.05, 4.69) is 5.92 Å². The second-order valence-electron chi connectivity index (χ2n) is 2.39. The van der Waals surface area contributed by atoms with Gasteiger partial charge in [0, 0.05) is 11.1 Å². The van der Waals surface area contributed by atoms with Crippen molar-refractivity contribution in [2.75, 3.05) is 0 Å². The maximum atomic E-state index is 11.9. The first-order chi connectivity index (χ1) is 6.15. The number of ketones is 1. The Morgan fingerprint density at radius 3 is 2.69 bits per heavy atom. The molecule has 1 aromatic rings. The molecule has 66 valence electrons. The van der Waals surface area contributed by atoms with E-state index in [-0.39, 0.29) is 5.56 Å². The van der Waals surface area contributed by atoms with E-state index < -0.39 is 12.2 Å². The van der Waals surface area contributed by atoms with Crippen molar-refractivity contribution in [2.24, 2.45) is 0 Å². The van der Waals surface area contributed by atoms with Gasteiger partial charge in [0.2, 0.25) is 5.78 Å². The molecule has 0 spiro atoms. The van der Waals surface area contributed by atoms with Crippen molar-refractivity contribution in [2.45, 2.75) is 6.43 Å². The summed E-state index contributed by atoms with van der Waals surface area (Å²) in [7, 11) is 0. The number of Topliss-reactive ketones (excluding diaryl/α,β-unsaturated/α-hetero) is 1. The zero-order valence-electron chi connectivity index (χ0n) is 6.63. The van der Waals surface area contributed by atoms with Gasteiger partial charge in [-0.25, -0.2) is 8.78 Å². The highest BCUT2D eigenvalue weighted by atomic mass is 19.3. The molecule has 0 bridgehead atoms. The van der Waals surface area contributed by atoms with Gasteiger partial charge in [0.25, 0.3) is 0 Å². The molecule has 0 aliphatic carbocycles. The smallest absolute Gasteiger partial charge is 0.288 e. The molecular formula is C10H6F2O. The molecule has 0 aromatic heterocycles. The van der Waals surface area contributed by atoms with Gasteiger partial charge in [-0.3, -0.25) is 4.79 Å². The summed E-state index contributed by atoms with van der Waals surface area (Å²) in [5.74, 6) is 1.07. The van der Waals surface area contributed by atoms with Crippen LogP contribution in [-0.4, -0.2) is 12.2 Å². The molecule has 0 amide bonds. The molecule has 0 N–H and O–H groups in total. The summed E-state index contributed by atoms with van der Waals surface area (Å²) in [5.41, 5.74) is 0.372. The lowest BCUT2D eigenvalue weighted by molar-refractivity contribution is 0.0678. The largest absolute Gasteiger partial charge is 0.300 e. The third kappa shape index (κ3) is 2.12. The average molecular weight is 180 g/mol. The number of halogens is 2. The Hall–Kier alpha value is -1.69. The number of terminal acetylenes is 1. The molecule has 3 heteroatoms. The first kappa shape index (κ1) is 9.40. The van der Waals surface area contributed by atoms with Gasteiger partial charge in [-0.15, -0.1) is 6.42 Å². The van der Waals surface area contributed by atoms with Crippen molar-refractivity contribution in [1.29, 1.82) is 0 Å². The third-order valence-corrected chi connectivity index (χ3v) is 1.51. The monoisotopic (exact) mass is 180 g/mol. The molecule has 0 aliphatic rings.